The number of rotatable bonds is 5. The molecule has 8 heteroatoms. The van der Waals surface area contributed by atoms with Gasteiger partial charge in [0.05, 0.1) is 4.90 Å². The van der Waals surface area contributed by atoms with Crippen molar-refractivity contribution in [3.8, 4) is 0 Å². The normalized spacial score (nSPS) is 25.3. The molecule has 2 fully saturated rings. The van der Waals surface area contributed by atoms with Crippen LogP contribution >= 0.6 is 12.4 Å². The van der Waals surface area contributed by atoms with E-state index in [1.807, 2.05) is 7.05 Å². The molecule has 2 aliphatic rings. The first-order chi connectivity index (χ1) is 11.4. The first-order valence-corrected chi connectivity index (χ1v) is 10.0. The number of nitrogens with zero attached hydrogens (tertiary/aromatic N) is 1. The fourth-order valence-electron chi connectivity index (χ4n) is 3.78. The van der Waals surface area contributed by atoms with Gasteiger partial charge in [0.2, 0.25) is 10.0 Å². The van der Waals surface area contributed by atoms with E-state index in [0.29, 0.717) is 24.2 Å². The van der Waals surface area contributed by atoms with Crippen LogP contribution in [0.3, 0.4) is 0 Å². The summed E-state index contributed by atoms with van der Waals surface area (Å²) >= 11 is 0. The lowest BCUT2D eigenvalue weighted by Gasteiger charge is -2.35. The number of nitrogens with one attached hydrogen (secondary N) is 2. The quantitative estimate of drug-likeness (QED) is 0.807. The van der Waals surface area contributed by atoms with Crippen molar-refractivity contribution >= 4 is 28.3 Å². The number of fused-ring (bicyclic) bond motifs is 2. The molecule has 140 valence electrons. The molecule has 2 unspecified atom stereocenters. The number of hydrogen-bond donors (Lipinski definition) is 2. The predicted octanol–water partition coefficient (Wildman–Crippen LogP) is 1.76. The van der Waals surface area contributed by atoms with Crippen LogP contribution < -0.4 is 10.0 Å². The van der Waals surface area contributed by atoms with Crippen molar-refractivity contribution in [2.75, 3.05) is 13.6 Å². The summed E-state index contributed by atoms with van der Waals surface area (Å²) in [6, 6.07) is 7.50. The highest BCUT2D eigenvalue weighted by atomic mass is 35.5. The standard InChI is InChI=1S/C17H25N3O3S.ClH/c1-3-18-24(22,23)16-6-4-5-12(9-16)17(21)20(2)15-10-13-7-8-14(11-15)19-13;/h4-6,9,13-15,18-19H,3,7-8,10-11H2,1-2H3;1H. The largest absolute Gasteiger partial charge is 0.339 e. The summed E-state index contributed by atoms with van der Waals surface area (Å²) in [5.74, 6) is -0.116. The number of carbonyl (C=O) groups excluding carboxylic acids is 1. The average Bonchev–Trinajstić information content (AvgIpc) is 2.91. The minimum absolute atomic E-state index is 0. The van der Waals surface area contributed by atoms with E-state index in [-0.39, 0.29) is 29.3 Å². The molecule has 0 aromatic heterocycles. The molecule has 0 spiro atoms. The molecular formula is C17H26ClN3O3S. The van der Waals surface area contributed by atoms with E-state index in [4.69, 9.17) is 0 Å². The van der Waals surface area contributed by atoms with Gasteiger partial charge >= 0.3 is 0 Å². The number of carbonyl (C=O) groups is 1. The van der Waals surface area contributed by atoms with Gasteiger partial charge in [0.15, 0.2) is 0 Å². The maximum Gasteiger partial charge on any atom is 0.253 e. The fourth-order valence-corrected chi connectivity index (χ4v) is 4.87. The third kappa shape index (κ3) is 4.34. The number of halogens is 1. The van der Waals surface area contributed by atoms with Crippen LogP contribution in [0.5, 0.6) is 0 Å². The Hall–Kier alpha value is -1.15. The van der Waals surface area contributed by atoms with Crippen molar-refractivity contribution in [3.05, 3.63) is 29.8 Å². The highest BCUT2D eigenvalue weighted by molar-refractivity contribution is 7.89. The number of piperidine rings is 1. The molecule has 0 aliphatic carbocycles. The second-order valence-electron chi connectivity index (χ2n) is 6.71. The average molecular weight is 388 g/mol. The van der Waals surface area contributed by atoms with Crippen molar-refractivity contribution in [2.24, 2.45) is 0 Å². The van der Waals surface area contributed by atoms with Crippen molar-refractivity contribution in [3.63, 3.8) is 0 Å². The molecule has 1 amide bonds. The van der Waals surface area contributed by atoms with Crippen molar-refractivity contribution in [2.45, 2.75) is 55.6 Å². The van der Waals surface area contributed by atoms with Crippen LogP contribution in [0.2, 0.25) is 0 Å². The van der Waals surface area contributed by atoms with Crippen LogP contribution in [0.25, 0.3) is 0 Å². The van der Waals surface area contributed by atoms with Crippen molar-refractivity contribution in [1.29, 1.82) is 0 Å². The first kappa shape index (κ1) is 20.2. The van der Waals surface area contributed by atoms with Gasteiger partial charge in [-0.05, 0) is 43.9 Å². The smallest absolute Gasteiger partial charge is 0.253 e. The lowest BCUT2D eigenvalue weighted by molar-refractivity contribution is 0.0681. The van der Waals surface area contributed by atoms with Gasteiger partial charge in [-0.15, -0.1) is 12.4 Å². The van der Waals surface area contributed by atoms with Gasteiger partial charge in [-0.1, -0.05) is 13.0 Å². The van der Waals surface area contributed by atoms with Crippen LogP contribution in [-0.2, 0) is 10.0 Å². The van der Waals surface area contributed by atoms with E-state index in [9.17, 15) is 13.2 Å². The molecular weight excluding hydrogens is 362 g/mol. The van der Waals surface area contributed by atoms with Crippen LogP contribution in [-0.4, -0.2) is 50.9 Å². The predicted molar refractivity (Wildman–Crippen MR) is 99.6 cm³/mol. The van der Waals surface area contributed by atoms with E-state index in [0.717, 1.165) is 12.8 Å². The summed E-state index contributed by atoms with van der Waals surface area (Å²) < 4.78 is 26.7. The van der Waals surface area contributed by atoms with Gasteiger partial charge in [0.1, 0.15) is 0 Å². The van der Waals surface area contributed by atoms with E-state index < -0.39 is 10.0 Å². The summed E-state index contributed by atoms with van der Waals surface area (Å²) in [6.07, 6.45) is 4.29. The molecule has 25 heavy (non-hydrogen) atoms. The van der Waals surface area contributed by atoms with Gasteiger partial charge in [-0.25, -0.2) is 13.1 Å². The molecule has 2 heterocycles. The molecule has 0 saturated carbocycles. The summed E-state index contributed by atoms with van der Waals surface area (Å²) in [5, 5.41) is 3.57. The fraction of sp³-hybridized carbons (Fsp3) is 0.588. The minimum Gasteiger partial charge on any atom is -0.339 e. The molecule has 6 nitrogen and oxygen atoms in total. The second-order valence-corrected chi connectivity index (χ2v) is 8.48. The molecule has 0 radical (unpaired) electrons. The third-order valence-corrected chi connectivity index (χ3v) is 6.59. The molecule has 1 aromatic rings. The zero-order valence-corrected chi connectivity index (χ0v) is 16.2. The highest BCUT2D eigenvalue weighted by Crippen LogP contribution is 2.30. The molecule has 2 aliphatic heterocycles. The minimum atomic E-state index is -3.56. The molecule has 2 atom stereocenters. The Bertz CT molecular complexity index is 714. The Labute approximate surface area is 155 Å². The van der Waals surface area contributed by atoms with E-state index in [1.54, 1.807) is 24.0 Å². The maximum absolute atomic E-state index is 12.8. The Morgan fingerprint density at radius 1 is 1.28 bits per heavy atom. The third-order valence-electron chi connectivity index (χ3n) is 5.04. The number of amides is 1. The highest BCUT2D eigenvalue weighted by Gasteiger charge is 2.36. The molecule has 2 bridgehead atoms. The zero-order chi connectivity index (χ0) is 17.3. The number of benzene rings is 1. The van der Waals surface area contributed by atoms with E-state index >= 15 is 0 Å². The lowest BCUT2D eigenvalue weighted by atomic mass is 9.98. The van der Waals surface area contributed by atoms with Crippen molar-refractivity contribution in [1.82, 2.24) is 14.9 Å². The summed E-state index contributed by atoms with van der Waals surface area (Å²) in [4.78, 5) is 14.7. The van der Waals surface area contributed by atoms with Gasteiger partial charge in [0, 0.05) is 37.3 Å². The zero-order valence-electron chi connectivity index (χ0n) is 14.6. The van der Waals surface area contributed by atoms with Crippen LogP contribution in [0.1, 0.15) is 43.0 Å². The van der Waals surface area contributed by atoms with Gasteiger partial charge in [0.25, 0.3) is 5.91 Å². The van der Waals surface area contributed by atoms with Gasteiger partial charge in [-0.2, -0.15) is 0 Å². The van der Waals surface area contributed by atoms with E-state index in [1.165, 1.54) is 25.0 Å². The Morgan fingerprint density at radius 2 is 1.92 bits per heavy atom. The van der Waals surface area contributed by atoms with Crippen LogP contribution in [0, 0.1) is 0 Å². The van der Waals surface area contributed by atoms with Crippen LogP contribution in [0.4, 0.5) is 0 Å². The van der Waals surface area contributed by atoms with Gasteiger partial charge < -0.3 is 10.2 Å². The topological polar surface area (TPSA) is 78.5 Å². The van der Waals surface area contributed by atoms with Crippen molar-refractivity contribution < 1.29 is 13.2 Å². The Balaban J connectivity index is 0.00000225. The maximum atomic E-state index is 12.8. The van der Waals surface area contributed by atoms with Crippen LogP contribution in [0.15, 0.2) is 29.2 Å². The SMILES string of the molecule is CCNS(=O)(=O)c1cccc(C(=O)N(C)C2CC3CCC(C2)N3)c1.Cl. The second kappa shape index (κ2) is 8.03. The van der Waals surface area contributed by atoms with E-state index in [2.05, 4.69) is 10.0 Å². The number of hydrogen-bond acceptors (Lipinski definition) is 4. The molecule has 3 rings (SSSR count). The lowest BCUT2D eigenvalue weighted by Crippen LogP contribution is -2.48. The summed E-state index contributed by atoms with van der Waals surface area (Å²) in [6.45, 7) is 2.05. The monoisotopic (exact) mass is 387 g/mol. The first-order valence-electron chi connectivity index (χ1n) is 8.53. The molecule has 2 N–H and O–H groups in total. The molecule has 1 aromatic carbocycles. The number of sulfonamides is 1. The summed E-state index contributed by atoms with van der Waals surface area (Å²) in [7, 11) is -1.73. The van der Waals surface area contributed by atoms with Gasteiger partial charge in [-0.3, -0.25) is 4.79 Å². The molecule has 2 saturated heterocycles. The Kier molecular flexibility index (Phi) is 6.48. The summed E-state index contributed by atoms with van der Waals surface area (Å²) in [5.41, 5.74) is 0.419. The Morgan fingerprint density at radius 3 is 2.52 bits per heavy atom.